The molecular weight excluding hydrogens is 181 g/mol. The van der Waals surface area contributed by atoms with Crippen molar-refractivity contribution in [1.82, 2.24) is 9.38 Å². The zero-order chi connectivity index (χ0) is 10.3. The molecule has 0 bridgehead atoms. The molecule has 3 nitrogen and oxygen atoms in total. The van der Waals surface area contributed by atoms with E-state index in [2.05, 4.69) is 4.98 Å². The van der Waals surface area contributed by atoms with E-state index in [1.54, 1.807) is 23.7 Å². The number of aryl methyl sites for hydroxylation is 1. The van der Waals surface area contributed by atoms with Crippen molar-refractivity contribution in [2.24, 2.45) is 0 Å². The van der Waals surface area contributed by atoms with Crippen LogP contribution in [0.15, 0.2) is 18.5 Å². The maximum absolute atomic E-state index is 13.4. The molecule has 4 heteroatoms. The number of halogens is 1. The molecule has 0 spiro atoms. The molecule has 0 aliphatic rings. The van der Waals surface area contributed by atoms with Crippen LogP contribution in [-0.2, 0) is 0 Å². The zero-order valence-electron chi connectivity index (χ0n) is 8.00. The molecule has 0 aliphatic carbocycles. The zero-order valence-corrected chi connectivity index (χ0v) is 8.00. The molecule has 0 unspecified atom stereocenters. The Kier molecular flexibility index (Phi) is 1.84. The molecule has 1 N–H and O–H groups in total. The minimum atomic E-state index is -0.387. The van der Waals surface area contributed by atoms with Crippen molar-refractivity contribution in [3.63, 3.8) is 0 Å². The van der Waals surface area contributed by atoms with Crippen LogP contribution >= 0.6 is 0 Å². The first-order valence-electron chi connectivity index (χ1n) is 4.28. The molecule has 0 amide bonds. The quantitative estimate of drug-likeness (QED) is 0.689. The number of hydrogen-bond donors (Lipinski definition) is 1. The Morgan fingerprint density at radius 2 is 2.21 bits per heavy atom. The number of imidazole rings is 1. The summed E-state index contributed by atoms with van der Waals surface area (Å²) >= 11 is 0. The highest BCUT2D eigenvalue weighted by Gasteiger charge is 2.07. The van der Waals surface area contributed by atoms with E-state index in [0.29, 0.717) is 16.9 Å². The lowest BCUT2D eigenvalue weighted by atomic mass is 10.2. The summed E-state index contributed by atoms with van der Waals surface area (Å²) in [5.41, 5.74) is 2.00. The summed E-state index contributed by atoms with van der Waals surface area (Å²) < 4.78 is 15.0. The average molecular weight is 191 g/mol. The van der Waals surface area contributed by atoms with Gasteiger partial charge < -0.3 is 9.81 Å². The van der Waals surface area contributed by atoms with Gasteiger partial charge in [-0.05, 0) is 19.9 Å². The van der Waals surface area contributed by atoms with Gasteiger partial charge >= 0.3 is 0 Å². The van der Waals surface area contributed by atoms with E-state index < -0.39 is 0 Å². The van der Waals surface area contributed by atoms with Crippen LogP contribution in [-0.4, -0.2) is 15.1 Å². The Labute approximate surface area is 80.7 Å². The molecule has 14 heavy (non-hydrogen) atoms. The molecule has 0 saturated heterocycles. The second kappa shape index (κ2) is 2.90. The van der Waals surface area contributed by atoms with Crippen molar-refractivity contribution < 1.29 is 4.39 Å². The number of hydrogen-bond acceptors (Lipinski definition) is 2. The Morgan fingerprint density at radius 3 is 2.86 bits per heavy atom. The van der Waals surface area contributed by atoms with Crippen LogP contribution in [0, 0.1) is 18.2 Å². The van der Waals surface area contributed by atoms with Gasteiger partial charge in [-0.25, -0.2) is 9.37 Å². The average Bonchev–Trinajstić information content (AvgIpc) is 2.45. The third-order valence-electron chi connectivity index (χ3n) is 2.06. The number of aromatic nitrogens is 2. The predicted molar refractivity (Wildman–Crippen MR) is 52.4 cm³/mol. The minimum absolute atomic E-state index is 0.313. The third-order valence-corrected chi connectivity index (χ3v) is 2.06. The third kappa shape index (κ3) is 1.28. The summed E-state index contributed by atoms with van der Waals surface area (Å²) in [6, 6.07) is 1.34. The lowest BCUT2D eigenvalue weighted by molar-refractivity contribution is 0.629. The van der Waals surface area contributed by atoms with Crippen molar-refractivity contribution in [2.75, 3.05) is 0 Å². The minimum Gasteiger partial charge on any atom is -0.305 e. The second-order valence-corrected chi connectivity index (χ2v) is 3.31. The maximum atomic E-state index is 13.4. The van der Waals surface area contributed by atoms with Crippen LogP contribution in [0.1, 0.15) is 18.2 Å². The molecule has 2 aromatic heterocycles. The summed E-state index contributed by atoms with van der Waals surface area (Å²) in [5.74, 6) is -0.387. The van der Waals surface area contributed by atoms with Gasteiger partial charge in [0, 0.05) is 23.7 Å². The maximum Gasteiger partial charge on any atom is 0.173 e. The van der Waals surface area contributed by atoms with Gasteiger partial charge in [-0.2, -0.15) is 0 Å². The van der Waals surface area contributed by atoms with E-state index in [4.69, 9.17) is 5.41 Å². The number of fused-ring (bicyclic) bond motifs is 1. The SMILES string of the molecule is CC(=N)c1cc(F)c2nc(C)cn2c1. The topological polar surface area (TPSA) is 41.2 Å². The summed E-state index contributed by atoms with van der Waals surface area (Å²) in [6.45, 7) is 3.44. The second-order valence-electron chi connectivity index (χ2n) is 3.31. The fraction of sp³-hybridized carbons (Fsp3) is 0.200. The molecule has 2 rings (SSSR count). The number of pyridine rings is 1. The van der Waals surface area contributed by atoms with E-state index in [0.717, 1.165) is 5.69 Å². The van der Waals surface area contributed by atoms with Crippen LogP contribution in [0.25, 0.3) is 5.65 Å². The van der Waals surface area contributed by atoms with Crippen LogP contribution < -0.4 is 0 Å². The molecule has 0 aliphatic heterocycles. The molecule has 0 aromatic carbocycles. The van der Waals surface area contributed by atoms with Gasteiger partial charge in [-0.1, -0.05) is 0 Å². The fourth-order valence-electron chi connectivity index (χ4n) is 1.38. The summed E-state index contributed by atoms with van der Waals surface area (Å²) in [5, 5.41) is 7.41. The van der Waals surface area contributed by atoms with Crippen LogP contribution in [0.3, 0.4) is 0 Å². The Hall–Kier alpha value is -1.71. The molecule has 0 fully saturated rings. The Balaban J connectivity index is 2.77. The largest absolute Gasteiger partial charge is 0.305 e. The lowest BCUT2D eigenvalue weighted by Crippen LogP contribution is -1.98. The highest BCUT2D eigenvalue weighted by Crippen LogP contribution is 2.12. The normalized spacial score (nSPS) is 10.8. The molecule has 2 heterocycles. The van der Waals surface area contributed by atoms with Crippen molar-refractivity contribution in [1.29, 1.82) is 5.41 Å². The monoisotopic (exact) mass is 191 g/mol. The van der Waals surface area contributed by atoms with E-state index in [9.17, 15) is 4.39 Å². The highest BCUT2D eigenvalue weighted by molar-refractivity contribution is 5.96. The number of rotatable bonds is 1. The van der Waals surface area contributed by atoms with E-state index >= 15 is 0 Å². The number of nitrogens with one attached hydrogen (secondary N) is 1. The fourth-order valence-corrected chi connectivity index (χ4v) is 1.38. The van der Waals surface area contributed by atoms with Gasteiger partial charge in [0.2, 0.25) is 0 Å². The smallest absolute Gasteiger partial charge is 0.173 e. The standard InChI is InChI=1S/C10H10FN3/c1-6-4-14-5-8(7(2)12)3-9(11)10(14)13-6/h3-5,12H,1-2H3. The van der Waals surface area contributed by atoms with Gasteiger partial charge in [0.05, 0.1) is 5.69 Å². The first-order chi connectivity index (χ1) is 6.58. The van der Waals surface area contributed by atoms with Crippen molar-refractivity contribution in [2.45, 2.75) is 13.8 Å². The molecule has 0 atom stereocenters. The van der Waals surface area contributed by atoms with Gasteiger partial charge in [0.15, 0.2) is 11.5 Å². The van der Waals surface area contributed by atoms with E-state index in [-0.39, 0.29) is 5.82 Å². The molecule has 72 valence electrons. The Bertz CT molecular complexity index is 513. The lowest BCUT2D eigenvalue weighted by Gasteiger charge is -2.00. The van der Waals surface area contributed by atoms with Gasteiger partial charge in [-0.15, -0.1) is 0 Å². The van der Waals surface area contributed by atoms with Crippen molar-refractivity contribution in [3.05, 3.63) is 35.5 Å². The van der Waals surface area contributed by atoms with E-state index in [1.807, 2.05) is 6.92 Å². The molecule has 2 aromatic rings. The predicted octanol–water partition coefficient (Wildman–Crippen LogP) is 2.17. The molecule has 0 saturated carbocycles. The van der Waals surface area contributed by atoms with Gasteiger partial charge in [-0.3, -0.25) is 0 Å². The van der Waals surface area contributed by atoms with Gasteiger partial charge in [0.25, 0.3) is 0 Å². The Morgan fingerprint density at radius 1 is 1.50 bits per heavy atom. The van der Waals surface area contributed by atoms with Crippen molar-refractivity contribution in [3.8, 4) is 0 Å². The van der Waals surface area contributed by atoms with Crippen molar-refractivity contribution >= 4 is 11.4 Å². The molecule has 0 radical (unpaired) electrons. The molecular formula is C10H10FN3. The first kappa shape index (κ1) is 8.87. The summed E-state index contributed by atoms with van der Waals surface area (Å²) in [6.07, 6.45) is 3.45. The van der Waals surface area contributed by atoms with Crippen LogP contribution in [0.2, 0.25) is 0 Å². The number of nitrogens with zero attached hydrogens (tertiary/aromatic N) is 2. The van der Waals surface area contributed by atoms with Crippen LogP contribution in [0.5, 0.6) is 0 Å². The van der Waals surface area contributed by atoms with Crippen LogP contribution in [0.4, 0.5) is 4.39 Å². The first-order valence-corrected chi connectivity index (χ1v) is 4.28. The summed E-state index contributed by atoms with van der Waals surface area (Å²) in [7, 11) is 0. The van der Waals surface area contributed by atoms with E-state index in [1.165, 1.54) is 6.07 Å². The van der Waals surface area contributed by atoms with Gasteiger partial charge in [0.1, 0.15) is 0 Å². The summed E-state index contributed by atoms with van der Waals surface area (Å²) in [4.78, 5) is 4.03. The highest BCUT2D eigenvalue weighted by atomic mass is 19.1.